The summed E-state index contributed by atoms with van der Waals surface area (Å²) in [5.74, 6) is -0.868. The normalized spacial score (nSPS) is 16.2. The number of ether oxygens (including phenoxy) is 2. The zero-order valence-electron chi connectivity index (χ0n) is 35.4. The van der Waals surface area contributed by atoms with Crippen molar-refractivity contribution in [2.75, 3.05) is 14.2 Å². The van der Waals surface area contributed by atoms with Gasteiger partial charge in [0, 0.05) is 0 Å². The van der Waals surface area contributed by atoms with Crippen molar-refractivity contribution in [2.24, 2.45) is 0 Å². The van der Waals surface area contributed by atoms with Gasteiger partial charge < -0.3 is 9.47 Å². The summed E-state index contributed by atoms with van der Waals surface area (Å²) in [7, 11) is 2.83. The summed E-state index contributed by atoms with van der Waals surface area (Å²) >= 11 is 0. The van der Waals surface area contributed by atoms with E-state index in [2.05, 4.69) is 170 Å². The van der Waals surface area contributed by atoms with Crippen LogP contribution in [0.4, 0.5) is 0 Å². The van der Waals surface area contributed by atoms with E-state index in [0.29, 0.717) is 11.1 Å². The molecule has 0 saturated heterocycles. The maximum atomic E-state index is 13.7. The molecule has 0 fully saturated rings. The Labute approximate surface area is 372 Å². The molecule has 0 radical (unpaired) electrons. The topological polar surface area (TPSA) is 52.6 Å². The smallest absolute Gasteiger partial charge is 0.337 e. The van der Waals surface area contributed by atoms with Crippen LogP contribution in [0.3, 0.4) is 0 Å². The summed E-state index contributed by atoms with van der Waals surface area (Å²) in [6, 6.07) is 75.3. The zero-order chi connectivity index (χ0) is 43.6. The van der Waals surface area contributed by atoms with Gasteiger partial charge in [0.2, 0.25) is 0 Å². The summed E-state index contributed by atoms with van der Waals surface area (Å²) in [5.41, 5.74) is 14.7. The minimum absolute atomic E-state index is 0.427. The van der Waals surface area contributed by atoms with Gasteiger partial charge in [0.05, 0.1) is 25.3 Å². The number of hydrogen-bond acceptors (Lipinski definition) is 4. The van der Waals surface area contributed by atoms with Crippen LogP contribution in [0.5, 0.6) is 0 Å². The summed E-state index contributed by atoms with van der Waals surface area (Å²) in [6.07, 6.45) is 0. The molecule has 1 aliphatic rings. The van der Waals surface area contributed by atoms with Crippen LogP contribution in [0.25, 0.3) is 55.0 Å². The molecule has 0 atom stereocenters. The maximum Gasteiger partial charge on any atom is 0.337 e. The molecule has 0 N–H and O–H groups in total. The molecule has 0 aromatic heterocycles. The fourth-order valence-corrected chi connectivity index (χ4v) is 9.36. The van der Waals surface area contributed by atoms with E-state index < -0.39 is 11.9 Å². The highest BCUT2D eigenvalue weighted by atomic mass is 16.5. The number of carbonyl (C=O) groups excluding carboxylic acids is 2. The van der Waals surface area contributed by atoms with Gasteiger partial charge >= 0.3 is 11.9 Å². The lowest BCUT2D eigenvalue weighted by Gasteiger charge is -2.33. The molecule has 10 rings (SSSR count). The lowest BCUT2D eigenvalue weighted by molar-refractivity contribution is 0.0592. The Morgan fingerprint density at radius 2 is 0.516 bits per heavy atom. The number of allylic oxidation sites excluding steroid dienone is 4. The highest BCUT2D eigenvalue weighted by Crippen LogP contribution is 2.56. The maximum absolute atomic E-state index is 13.7. The molecule has 64 heavy (non-hydrogen) atoms. The van der Waals surface area contributed by atoms with Crippen molar-refractivity contribution in [3.05, 3.63) is 274 Å². The summed E-state index contributed by atoms with van der Waals surface area (Å²) in [5, 5.41) is 3.56. The minimum Gasteiger partial charge on any atom is -0.465 e. The Balaban J connectivity index is 1.63. The fraction of sp³-hybridized carbons (Fsp3) is 0.0333. The van der Waals surface area contributed by atoms with E-state index in [-0.39, 0.29) is 0 Å². The Kier molecular flexibility index (Phi) is 10.7. The third kappa shape index (κ3) is 7.01. The van der Waals surface area contributed by atoms with E-state index in [1.165, 1.54) is 14.2 Å². The molecule has 0 spiro atoms. The number of hydrogen-bond donors (Lipinski definition) is 0. The van der Waals surface area contributed by atoms with Gasteiger partial charge in [-0.2, -0.15) is 0 Å². The number of methoxy groups -OCH3 is 2. The van der Waals surface area contributed by atoms with Crippen LogP contribution in [-0.4, -0.2) is 26.2 Å². The van der Waals surface area contributed by atoms with Crippen LogP contribution in [-0.2, 0) is 9.47 Å². The van der Waals surface area contributed by atoms with Crippen molar-refractivity contribution in [1.82, 2.24) is 0 Å². The molecular weight excluding hydrogens is 785 g/mol. The Hall–Kier alpha value is -8.34. The standard InChI is InChI=1S/C60H42O4/c1-63-59(61)45-33-35-47-48-36-34-46(60(62)64-2)38-50(48)58-56(44-31-19-8-20-32-44)54(42-27-15-6-16-28-42)52(40-23-11-4-12-24-40)51(39-21-9-3-10-22-39)53(41-25-13-5-14-26-41)55(57(58)49(47)37-45)43-29-17-7-18-30-43/h3-38H,1-2H3/b52-51-,53-51?,54-52?,55-53-,56-54-,57-55?,58-56?. The number of carbonyl (C=O) groups is 2. The molecule has 0 aliphatic heterocycles. The van der Waals surface area contributed by atoms with Gasteiger partial charge in [-0.15, -0.1) is 0 Å². The second-order valence-electron chi connectivity index (χ2n) is 15.7. The second kappa shape index (κ2) is 17.2. The first-order valence-corrected chi connectivity index (χ1v) is 21.3. The predicted octanol–water partition coefficient (Wildman–Crippen LogP) is 14.1. The van der Waals surface area contributed by atoms with E-state index in [0.717, 1.165) is 99.5 Å². The molecule has 0 saturated carbocycles. The highest BCUT2D eigenvalue weighted by molar-refractivity contribution is 6.38. The number of esters is 2. The van der Waals surface area contributed by atoms with Gasteiger partial charge in [0.25, 0.3) is 0 Å². The van der Waals surface area contributed by atoms with E-state index in [1.807, 2.05) is 48.5 Å². The fourth-order valence-electron chi connectivity index (χ4n) is 9.36. The monoisotopic (exact) mass is 826 g/mol. The first-order chi connectivity index (χ1) is 31.6. The zero-order valence-corrected chi connectivity index (χ0v) is 35.4. The van der Waals surface area contributed by atoms with Gasteiger partial charge in [0.15, 0.2) is 0 Å². The van der Waals surface area contributed by atoms with Gasteiger partial charge in [-0.25, -0.2) is 9.59 Å². The van der Waals surface area contributed by atoms with Crippen molar-refractivity contribution >= 4 is 66.9 Å². The molecule has 4 nitrogen and oxygen atoms in total. The van der Waals surface area contributed by atoms with Crippen LogP contribution in [0, 0.1) is 0 Å². The van der Waals surface area contributed by atoms with Crippen molar-refractivity contribution in [3.63, 3.8) is 0 Å². The van der Waals surface area contributed by atoms with Crippen molar-refractivity contribution in [1.29, 1.82) is 0 Å². The lowest BCUT2D eigenvalue weighted by atomic mass is 9.69. The third-order valence-corrected chi connectivity index (χ3v) is 12.1. The first-order valence-electron chi connectivity index (χ1n) is 21.3. The average molecular weight is 827 g/mol. The Morgan fingerprint density at radius 1 is 0.281 bits per heavy atom. The van der Waals surface area contributed by atoms with Gasteiger partial charge in [-0.1, -0.05) is 194 Å². The molecule has 0 amide bonds. The minimum atomic E-state index is -0.434. The Morgan fingerprint density at radius 3 is 0.766 bits per heavy atom. The molecule has 306 valence electrons. The van der Waals surface area contributed by atoms with Crippen LogP contribution < -0.4 is 0 Å². The van der Waals surface area contributed by atoms with Crippen molar-refractivity contribution < 1.29 is 19.1 Å². The molecule has 4 heteroatoms. The van der Waals surface area contributed by atoms with Gasteiger partial charge in [-0.3, -0.25) is 0 Å². The predicted molar refractivity (Wildman–Crippen MR) is 261 cm³/mol. The Bertz CT molecular complexity index is 3090. The largest absolute Gasteiger partial charge is 0.465 e. The molecule has 0 unspecified atom stereocenters. The third-order valence-electron chi connectivity index (χ3n) is 12.1. The highest BCUT2D eigenvalue weighted by Gasteiger charge is 2.34. The van der Waals surface area contributed by atoms with E-state index in [4.69, 9.17) is 9.47 Å². The number of fused-ring (bicyclic) bond motifs is 6. The number of rotatable bonds is 8. The quantitative estimate of drug-likeness (QED) is 0.113. The second-order valence-corrected chi connectivity index (χ2v) is 15.7. The molecule has 9 aromatic carbocycles. The summed E-state index contributed by atoms with van der Waals surface area (Å²) in [4.78, 5) is 27.3. The van der Waals surface area contributed by atoms with E-state index in [1.54, 1.807) is 0 Å². The van der Waals surface area contributed by atoms with Gasteiger partial charge in [0.1, 0.15) is 0 Å². The van der Waals surface area contributed by atoms with Crippen molar-refractivity contribution in [2.45, 2.75) is 0 Å². The molecule has 0 bridgehead atoms. The van der Waals surface area contributed by atoms with Crippen LogP contribution >= 0.6 is 0 Å². The van der Waals surface area contributed by atoms with Crippen LogP contribution in [0.15, 0.2) is 218 Å². The molecule has 9 aromatic rings. The van der Waals surface area contributed by atoms with Gasteiger partial charge in [-0.05, 0) is 124 Å². The summed E-state index contributed by atoms with van der Waals surface area (Å²) < 4.78 is 10.8. The van der Waals surface area contributed by atoms with Crippen LogP contribution in [0.1, 0.15) is 65.2 Å². The lowest BCUT2D eigenvalue weighted by Crippen LogP contribution is -2.11. The SMILES string of the molecule is COC(=O)c1ccc2c(c1)c1c(c3cc(C(=O)OC)ccc32)\C(c2ccccc2)=C(c2ccccc2)/C(c2ccccc2)=C(c2ccccc2)\C(c2ccccc2)=C/1c1ccccc1. The molecule has 0 heterocycles. The number of benzene rings is 9. The van der Waals surface area contributed by atoms with E-state index >= 15 is 0 Å². The first kappa shape index (κ1) is 39.8. The molecule has 1 aliphatic carbocycles. The van der Waals surface area contributed by atoms with Crippen molar-refractivity contribution in [3.8, 4) is 0 Å². The van der Waals surface area contributed by atoms with E-state index in [9.17, 15) is 9.59 Å². The average Bonchev–Trinajstić information content (AvgIpc) is 3.37. The molecular formula is C60H42O4. The summed E-state index contributed by atoms with van der Waals surface area (Å²) in [6.45, 7) is 0. The van der Waals surface area contributed by atoms with Crippen LogP contribution in [0.2, 0.25) is 0 Å².